The number of hydrogen-bond donors (Lipinski definition) is 1. The van der Waals surface area contributed by atoms with E-state index in [9.17, 15) is 9.90 Å². The predicted octanol–water partition coefficient (Wildman–Crippen LogP) is 2.03. The molecule has 1 saturated carbocycles. The van der Waals surface area contributed by atoms with Gasteiger partial charge in [0.2, 0.25) is 0 Å². The summed E-state index contributed by atoms with van der Waals surface area (Å²) in [5.74, 6) is -0.389. The lowest BCUT2D eigenvalue weighted by Crippen LogP contribution is -2.47. The second-order valence-corrected chi connectivity index (χ2v) is 5.65. The molecule has 3 aliphatic carbocycles. The molecular formula is C13H17NO5. The first-order valence-corrected chi connectivity index (χ1v) is 6.39. The maximum Gasteiger partial charge on any atom is 0.358 e. The van der Waals surface area contributed by atoms with E-state index in [1.165, 1.54) is 0 Å². The quantitative estimate of drug-likeness (QED) is 0.840. The summed E-state index contributed by atoms with van der Waals surface area (Å²) in [4.78, 5) is 11.3. The lowest BCUT2D eigenvalue weighted by molar-refractivity contribution is -0.166. The van der Waals surface area contributed by atoms with Crippen LogP contribution in [-0.2, 0) is 20.5 Å². The van der Waals surface area contributed by atoms with Gasteiger partial charge in [0.05, 0.1) is 5.56 Å². The fraction of sp³-hybridized carbons (Fsp3) is 0.692. The molecule has 0 aliphatic heterocycles. The van der Waals surface area contributed by atoms with Crippen molar-refractivity contribution < 1.29 is 23.9 Å². The summed E-state index contributed by atoms with van der Waals surface area (Å²) in [6.45, 7) is 2.24. The minimum Gasteiger partial charge on any atom is -0.476 e. The van der Waals surface area contributed by atoms with Gasteiger partial charge in [-0.05, 0) is 25.7 Å². The lowest BCUT2D eigenvalue weighted by atomic mass is 9.59. The van der Waals surface area contributed by atoms with E-state index >= 15 is 0 Å². The van der Waals surface area contributed by atoms with Crippen molar-refractivity contribution in [2.75, 3.05) is 13.9 Å². The Morgan fingerprint density at radius 2 is 2.11 bits per heavy atom. The molecule has 1 fully saturated rings. The first-order valence-electron chi connectivity index (χ1n) is 6.39. The van der Waals surface area contributed by atoms with Gasteiger partial charge in [-0.15, -0.1) is 0 Å². The summed E-state index contributed by atoms with van der Waals surface area (Å²) in [7, 11) is 1.55. The number of carboxylic acid groups (broad SMARTS) is 1. The molecule has 0 radical (unpaired) electrons. The summed E-state index contributed by atoms with van der Waals surface area (Å²) in [6, 6.07) is 0. The molecule has 4 rings (SSSR count). The van der Waals surface area contributed by atoms with E-state index in [2.05, 4.69) is 12.1 Å². The number of rotatable bonds is 4. The zero-order valence-electron chi connectivity index (χ0n) is 11.1. The number of carbonyl (C=O) groups is 1. The fourth-order valence-corrected chi connectivity index (χ4v) is 3.34. The highest BCUT2D eigenvalue weighted by atomic mass is 16.7. The molecule has 1 aromatic rings. The molecule has 0 aromatic carbocycles. The standard InChI is InChI=1S/C13H17NO5/c1-12-3-5-13(6-4-12,18-7-17-2)8-9(11(15)16)14-19-10(8)12/h3-7H2,1-2H3,(H,15,16). The SMILES string of the molecule is COCOC12CCC(C)(CC1)c1onc(C(=O)O)c12. The smallest absolute Gasteiger partial charge is 0.358 e. The van der Waals surface area contributed by atoms with Gasteiger partial charge in [0.25, 0.3) is 0 Å². The number of methoxy groups -OCH3 is 1. The summed E-state index contributed by atoms with van der Waals surface area (Å²) >= 11 is 0. The van der Waals surface area contributed by atoms with Crippen molar-refractivity contribution >= 4 is 5.97 Å². The molecule has 6 nitrogen and oxygen atoms in total. The summed E-state index contributed by atoms with van der Waals surface area (Å²) in [6.07, 6.45) is 3.39. The van der Waals surface area contributed by atoms with Crippen molar-refractivity contribution in [1.29, 1.82) is 0 Å². The highest BCUT2D eigenvalue weighted by Crippen LogP contribution is 2.57. The monoisotopic (exact) mass is 267 g/mol. The molecule has 104 valence electrons. The maximum absolute atomic E-state index is 11.3. The number of aromatic nitrogens is 1. The third-order valence-electron chi connectivity index (χ3n) is 4.51. The third kappa shape index (κ3) is 1.63. The molecular weight excluding hydrogens is 250 g/mol. The Balaban J connectivity index is 2.13. The highest BCUT2D eigenvalue weighted by Gasteiger charge is 2.56. The van der Waals surface area contributed by atoms with Crippen LogP contribution < -0.4 is 0 Å². The van der Waals surface area contributed by atoms with Crippen LogP contribution in [0.25, 0.3) is 0 Å². The van der Waals surface area contributed by atoms with Gasteiger partial charge >= 0.3 is 5.97 Å². The Morgan fingerprint density at radius 3 is 2.68 bits per heavy atom. The number of carboxylic acids is 1. The summed E-state index contributed by atoms with van der Waals surface area (Å²) in [5, 5.41) is 13.0. The van der Waals surface area contributed by atoms with Crippen molar-refractivity contribution in [1.82, 2.24) is 5.16 Å². The van der Waals surface area contributed by atoms with Crippen molar-refractivity contribution in [2.45, 2.75) is 43.6 Å². The molecule has 1 aromatic heterocycles. The van der Waals surface area contributed by atoms with Crippen molar-refractivity contribution in [3.05, 3.63) is 17.0 Å². The summed E-state index contributed by atoms with van der Waals surface area (Å²) < 4.78 is 16.2. The number of nitrogens with zero attached hydrogens (tertiary/aromatic N) is 1. The Bertz CT molecular complexity index is 513. The van der Waals surface area contributed by atoms with Crippen molar-refractivity contribution in [3.63, 3.8) is 0 Å². The molecule has 0 saturated heterocycles. The van der Waals surface area contributed by atoms with Gasteiger partial charge in [0.1, 0.15) is 18.2 Å². The van der Waals surface area contributed by atoms with Crippen LogP contribution in [0.15, 0.2) is 4.52 Å². The molecule has 0 atom stereocenters. The van der Waals surface area contributed by atoms with Crippen LogP contribution >= 0.6 is 0 Å². The molecule has 2 bridgehead atoms. The van der Waals surface area contributed by atoms with Crippen LogP contribution in [-0.4, -0.2) is 30.1 Å². The van der Waals surface area contributed by atoms with E-state index in [-0.39, 0.29) is 17.9 Å². The van der Waals surface area contributed by atoms with E-state index in [0.29, 0.717) is 11.3 Å². The predicted molar refractivity (Wildman–Crippen MR) is 63.9 cm³/mol. The Hall–Kier alpha value is -1.40. The van der Waals surface area contributed by atoms with Gasteiger partial charge in [-0.1, -0.05) is 12.1 Å². The van der Waals surface area contributed by atoms with Crippen LogP contribution in [0.5, 0.6) is 0 Å². The molecule has 3 aliphatic rings. The lowest BCUT2D eigenvalue weighted by Gasteiger charge is -2.49. The number of ether oxygens (including phenoxy) is 2. The molecule has 0 amide bonds. The topological polar surface area (TPSA) is 81.8 Å². The van der Waals surface area contributed by atoms with E-state index < -0.39 is 11.6 Å². The molecule has 6 heteroatoms. The average molecular weight is 267 g/mol. The zero-order valence-corrected chi connectivity index (χ0v) is 11.1. The van der Waals surface area contributed by atoms with Crippen LogP contribution in [0.4, 0.5) is 0 Å². The Kier molecular flexibility index (Phi) is 2.69. The minimum atomic E-state index is -1.07. The van der Waals surface area contributed by atoms with E-state index in [1.807, 2.05) is 0 Å². The van der Waals surface area contributed by atoms with Gasteiger partial charge in [0, 0.05) is 12.5 Å². The number of aromatic carboxylic acids is 1. The first-order chi connectivity index (χ1) is 9.02. The van der Waals surface area contributed by atoms with Crippen LogP contribution in [0, 0.1) is 0 Å². The van der Waals surface area contributed by atoms with E-state index in [0.717, 1.165) is 25.7 Å². The second-order valence-electron chi connectivity index (χ2n) is 5.65. The zero-order chi connectivity index (χ0) is 13.7. The van der Waals surface area contributed by atoms with Gasteiger partial charge in [-0.2, -0.15) is 0 Å². The van der Waals surface area contributed by atoms with Crippen molar-refractivity contribution in [2.24, 2.45) is 0 Å². The van der Waals surface area contributed by atoms with Crippen LogP contribution in [0.2, 0.25) is 0 Å². The molecule has 0 spiro atoms. The second kappa shape index (κ2) is 4.05. The van der Waals surface area contributed by atoms with E-state index in [4.69, 9.17) is 14.0 Å². The normalized spacial score (nSPS) is 32.3. The van der Waals surface area contributed by atoms with E-state index in [1.54, 1.807) is 7.11 Å². The number of hydrogen-bond acceptors (Lipinski definition) is 5. The Labute approximate surface area is 110 Å². The summed E-state index contributed by atoms with van der Waals surface area (Å²) in [5.41, 5.74) is -0.126. The van der Waals surface area contributed by atoms with Crippen LogP contribution in [0.3, 0.4) is 0 Å². The van der Waals surface area contributed by atoms with Crippen molar-refractivity contribution in [3.8, 4) is 0 Å². The van der Waals surface area contributed by atoms with Crippen LogP contribution in [0.1, 0.15) is 54.4 Å². The molecule has 19 heavy (non-hydrogen) atoms. The third-order valence-corrected chi connectivity index (χ3v) is 4.51. The fourth-order valence-electron chi connectivity index (χ4n) is 3.34. The highest BCUT2D eigenvalue weighted by molar-refractivity contribution is 5.88. The Morgan fingerprint density at radius 1 is 1.42 bits per heavy atom. The largest absolute Gasteiger partial charge is 0.476 e. The maximum atomic E-state index is 11.3. The van der Waals surface area contributed by atoms with Gasteiger partial charge in [0.15, 0.2) is 5.69 Å². The molecule has 1 heterocycles. The molecule has 0 unspecified atom stereocenters. The minimum absolute atomic E-state index is 0.0169. The van der Waals surface area contributed by atoms with Gasteiger partial charge in [-0.3, -0.25) is 0 Å². The number of fused-ring (bicyclic) bond motifs is 2. The van der Waals surface area contributed by atoms with Gasteiger partial charge in [-0.25, -0.2) is 4.79 Å². The molecule has 1 N–H and O–H groups in total. The first kappa shape index (κ1) is 12.6. The average Bonchev–Trinajstić information content (AvgIpc) is 2.86. The van der Waals surface area contributed by atoms with Gasteiger partial charge < -0.3 is 19.1 Å².